The quantitative estimate of drug-likeness (QED) is 0.687. The van der Waals surface area contributed by atoms with Gasteiger partial charge in [0.2, 0.25) is 0 Å². The van der Waals surface area contributed by atoms with Crippen LogP contribution in [0.3, 0.4) is 0 Å². The van der Waals surface area contributed by atoms with Gasteiger partial charge in [-0.2, -0.15) is 0 Å². The average Bonchev–Trinajstić information content (AvgIpc) is 2.84. The maximum atomic E-state index is 12.0. The van der Waals surface area contributed by atoms with Crippen molar-refractivity contribution in [1.82, 2.24) is 5.32 Å². The van der Waals surface area contributed by atoms with Crippen LogP contribution in [0.15, 0.2) is 12.1 Å². The number of benzene rings is 1. The van der Waals surface area contributed by atoms with Crippen molar-refractivity contribution in [1.29, 1.82) is 0 Å². The summed E-state index contributed by atoms with van der Waals surface area (Å²) in [4.78, 5) is 22.1. The first-order valence-electron chi connectivity index (χ1n) is 5.51. The number of nitro groups is 1. The van der Waals surface area contributed by atoms with Crippen LogP contribution < -0.4 is 5.32 Å². The number of hydrogen-bond acceptors (Lipinski definition) is 4. The molecule has 8 heteroatoms. The zero-order valence-electron chi connectivity index (χ0n) is 9.69. The van der Waals surface area contributed by atoms with Gasteiger partial charge in [-0.1, -0.05) is 23.2 Å². The van der Waals surface area contributed by atoms with Gasteiger partial charge in [0.05, 0.1) is 33.2 Å². The minimum Gasteiger partial charge on any atom is -0.379 e. The van der Waals surface area contributed by atoms with Crippen LogP contribution in [-0.4, -0.2) is 30.1 Å². The zero-order valence-corrected chi connectivity index (χ0v) is 11.2. The Morgan fingerprint density at radius 3 is 2.79 bits per heavy atom. The van der Waals surface area contributed by atoms with Gasteiger partial charge in [-0.15, -0.1) is 0 Å². The summed E-state index contributed by atoms with van der Waals surface area (Å²) in [7, 11) is 0. The molecule has 102 valence electrons. The fourth-order valence-electron chi connectivity index (χ4n) is 1.76. The minimum atomic E-state index is -0.627. The lowest BCUT2D eigenvalue weighted by atomic mass is 10.1. The fourth-order valence-corrected chi connectivity index (χ4v) is 2.17. The largest absolute Gasteiger partial charge is 0.379 e. The van der Waals surface area contributed by atoms with E-state index in [0.29, 0.717) is 19.6 Å². The van der Waals surface area contributed by atoms with Gasteiger partial charge in [0, 0.05) is 18.7 Å². The van der Waals surface area contributed by atoms with Crippen molar-refractivity contribution in [3.05, 3.63) is 37.9 Å². The standard InChI is InChI=1S/C11H10Cl2N2O4/c12-9-4-7(15(17)18)3-8(10(9)13)11(16)14-6-1-2-19-5-6/h3-4,6H,1-2,5H2,(H,14,16)/t6-/m0/s1. The maximum Gasteiger partial charge on any atom is 0.271 e. The molecule has 1 N–H and O–H groups in total. The molecule has 1 amide bonds. The van der Waals surface area contributed by atoms with Crippen LogP contribution in [0.1, 0.15) is 16.8 Å². The predicted octanol–water partition coefficient (Wildman–Crippen LogP) is 2.42. The molecule has 0 bridgehead atoms. The number of halogens is 2. The molecule has 0 aromatic heterocycles. The van der Waals surface area contributed by atoms with Gasteiger partial charge in [0.25, 0.3) is 11.6 Å². The third kappa shape index (κ3) is 3.15. The molecule has 0 saturated carbocycles. The second kappa shape index (κ2) is 5.73. The number of nitrogens with zero attached hydrogens (tertiary/aromatic N) is 1. The van der Waals surface area contributed by atoms with Crippen molar-refractivity contribution in [2.24, 2.45) is 0 Å². The Bertz CT molecular complexity index is 530. The molecule has 0 radical (unpaired) electrons. The predicted molar refractivity (Wildman–Crippen MR) is 69.8 cm³/mol. The molecule has 19 heavy (non-hydrogen) atoms. The van der Waals surface area contributed by atoms with Crippen LogP contribution in [0.5, 0.6) is 0 Å². The second-order valence-electron chi connectivity index (χ2n) is 4.08. The van der Waals surface area contributed by atoms with Gasteiger partial charge < -0.3 is 10.1 Å². The number of rotatable bonds is 3. The molecule has 1 fully saturated rings. The van der Waals surface area contributed by atoms with Crippen LogP contribution in [0, 0.1) is 10.1 Å². The summed E-state index contributed by atoms with van der Waals surface area (Å²) in [6.45, 7) is 1.00. The number of ether oxygens (including phenoxy) is 1. The molecule has 1 atom stereocenters. The normalized spacial score (nSPS) is 18.3. The average molecular weight is 305 g/mol. The van der Waals surface area contributed by atoms with Gasteiger partial charge in [-0.05, 0) is 6.42 Å². The van der Waals surface area contributed by atoms with Crippen molar-refractivity contribution in [3.63, 3.8) is 0 Å². The Hall–Kier alpha value is -1.37. The first-order chi connectivity index (χ1) is 8.99. The molecular formula is C11H10Cl2N2O4. The molecule has 0 spiro atoms. The van der Waals surface area contributed by atoms with Crippen molar-refractivity contribution in [3.8, 4) is 0 Å². The lowest BCUT2D eigenvalue weighted by Crippen LogP contribution is -2.35. The van der Waals surface area contributed by atoms with Crippen molar-refractivity contribution in [2.75, 3.05) is 13.2 Å². The van der Waals surface area contributed by atoms with E-state index in [4.69, 9.17) is 27.9 Å². The number of non-ortho nitro benzene ring substituents is 1. The van der Waals surface area contributed by atoms with Gasteiger partial charge >= 0.3 is 0 Å². The van der Waals surface area contributed by atoms with Gasteiger partial charge in [-0.3, -0.25) is 14.9 Å². The number of carbonyl (C=O) groups is 1. The zero-order chi connectivity index (χ0) is 14.0. The first-order valence-corrected chi connectivity index (χ1v) is 6.26. The lowest BCUT2D eigenvalue weighted by molar-refractivity contribution is -0.384. The van der Waals surface area contributed by atoms with E-state index in [-0.39, 0.29) is 27.3 Å². The Morgan fingerprint density at radius 2 is 2.21 bits per heavy atom. The van der Waals surface area contributed by atoms with Gasteiger partial charge in [0.1, 0.15) is 0 Å². The van der Waals surface area contributed by atoms with Crippen LogP contribution in [0.4, 0.5) is 5.69 Å². The van der Waals surface area contributed by atoms with E-state index in [2.05, 4.69) is 5.32 Å². The summed E-state index contributed by atoms with van der Waals surface area (Å²) in [5, 5.41) is 13.4. The highest BCUT2D eigenvalue weighted by Gasteiger charge is 2.23. The number of carbonyl (C=O) groups excluding carboxylic acids is 1. The first kappa shape index (κ1) is 14.0. The van der Waals surface area contributed by atoms with Crippen molar-refractivity contribution < 1.29 is 14.5 Å². The highest BCUT2D eigenvalue weighted by Crippen LogP contribution is 2.30. The van der Waals surface area contributed by atoms with Crippen molar-refractivity contribution >= 4 is 34.8 Å². The molecule has 1 aromatic carbocycles. The molecular weight excluding hydrogens is 295 g/mol. The second-order valence-corrected chi connectivity index (χ2v) is 4.87. The van der Waals surface area contributed by atoms with Crippen LogP contribution in [0.25, 0.3) is 0 Å². The van der Waals surface area contributed by atoms with Crippen LogP contribution in [-0.2, 0) is 4.74 Å². The molecule has 1 aromatic rings. The Balaban J connectivity index is 2.26. The number of amides is 1. The molecule has 0 unspecified atom stereocenters. The summed E-state index contributed by atoms with van der Waals surface area (Å²) in [6, 6.07) is 2.11. The summed E-state index contributed by atoms with van der Waals surface area (Å²) in [5.74, 6) is -0.494. The highest BCUT2D eigenvalue weighted by atomic mass is 35.5. The third-order valence-electron chi connectivity index (χ3n) is 2.73. The highest BCUT2D eigenvalue weighted by molar-refractivity contribution is 6.44. The minimum absolute atomic E-state index is 0.00341. The smallest absolute Gasteiger partial charge is 0.271 e. The van der Waals surface area contributed by atoms with Crippen molar-refractivity contribution in [2.45, 2.75) is 12.5 Å². The Morgan fingerprint density at radius 1 is 1.47 bits per heavy atom. The van der Waals surface area contributed by atoms with E-state index >= 15 is 0 Å². The molecule has 1 heterocycles. The van der Waals surface area contributed by atoms with Gasteiger partial charge in [0.15, 0.2) is 0 Å². The summed E-state index contributed by atoms with van der Waals surface area (Å²) >= 11 is 11.7. The van der Waals surface area contributed by atoms with E-state index in [1.54, 1.807) is 0 Å². The van der Waals surface area contributed by atoms with Crippen LogP contribution in [0.2, 0.25) is 10.0 Å². The Kier molecular flexibility index (Phi) is 4.24. The van der Waals surface area contributed by atoms with E-state index in [0.717, 1.165) is 12.1 Å². The number of nitro benzene ring substituents is 1. The Labute approximate surface area is 118 Å². The van der Waals surface area contributed by atoms with E-state index < -0.39 is 10.8 Å². The molecule has 1 aliphatic rings. The molecule has 1 saturated heterocycles. The third-order valence-corrected chi connectivity index (χ3v) is 3.54. The van der Waals surface area contributed by atoms with E-state index in [1.165, 1.54) is 0 Å². The van der Waals surface area contributed by atoms with Gasteiger partial charge in [-0.25, -0.2) is 0 Å². The van der Waals surface area contributed by atoms with E-state index in [9.17, 15) is 14.9 Å². The monoisotopic (exact) mass is 304 g/mol. The summed E-state index contributed by atoms with van der Waals surface area (Å²) in [5.41, 5.74) is -0.282. The maximum absolute atomic E-state index is 12.0. The molecule has 2 rings (SSSR count). The lowest BCUT2D eigenvalue weighted by Gasteiger charge is -2.12. The topological polar surface area (TPSA) is 81.5 Å². The summed E-state index contributed by atoms with van der Waals surface area (Å²) in [6.07, 6.45) is 0.700. The fraction of sp³-hybridized carbons (Fsp3) is 0.364. The number of hydrogen-bond donors (Lipinski definition) is 1. The van der Waals surface area contributed by atoms with Crippen LogP contribution >= 0.6 is 23.2 Å². The number of nitrogens with one attached hydrogen (secondary N) is 1. The molecule has 6 nitrogen and oxygen atoms in total. The molecule has 1 aliphatic heterocycles. The molecule has 0 aliphatic carbocycles. The SMILES string of the molecule is O=C(N[C@H]1CCOC1)c1cc([N+](=O)[O-])cc(Cl)c1Cl. The summed E-state index contributed by atoms with van der Waals surface area (Å²) < 4.78 is 5.13. The van der Waals surface area contributed by atoms with E-state index in [1.807, 2.05) is 0 Å².